The van der Waals surface area contributed by atoms with E-state index in [0.717, 1.165) is 17.1 Å². The SMILES string of the molecule is CSc1nc(N)cc(Nc2ccccc2C)n1. The molecule has 0 bridgehead atoms. The number of aryl methyl sites for hydroxylation is 1. The van der Waals surface area contributed by atoms with Crippen LogP contribution in [0.1, 0.15) is 5.56 Å². The highest BCUT2D eigenvalue weighted by atomic mass is 32.2. The van der Waals surface area contributed by atoms with Gasteiger partial charge in [0, 0.05) is 11.8 Å². The summed E-state index contributed by atoms with van der Waals surface area (Å²) in [5.74, 6) is 1.19. The van der Waals surface area contributed by atoms with E-state index in [0.29, 0.717) is 11.0 Å². The molecule has 4 nitrogen and oxygen atoms in total. The summed E-state index contributed by atoms with van der Waals surface area (Å²) in [4.78, 5) is 8.46. The van der Waals surface area contributed by atoms with E-state index in [4.69, 9.17) is 5.73 Å². The van der Waals surface area contributed by atoms with Crippen LogP contribution in [0.3, 0.4) is 0 Å². The Kier molecular flexibility index (Phi) is 3.49. The summed E-state index contributed by atoms with van der Waals surface area (Å²) in [5.41, 5.74) is 7.91. The predicted molar refractivity (Wildman–Crippen MR) is 72.7 cm³/mol. The van der Waals surface area contributed by atoms with Crippen molar-refractivity contribution in [3.05, 3.63) is 35.9 Å². The minimum Gasteiger partial charge on any atom is -0.383 e. The van der Waals surface area contributed by atoms with Crippen molar-refractivity contribution in [3.63, 3.8) is 0 Å². The van der Waals surface area contributed by atoms with Gasteiger partial charge in [-0.15, -0.1) is 0 Å². The number of nitrogen functional groups attached to an aromatic ring is 1. The Morgan fingerprint density at radius 1 is 1.24 bits per heavy atom. The third-order valence-electron chi connectivity index (χ3n) is 2.32. The number of para-hydroxylation sites is 1. The Bertz CT molecular complexity index is 528. The molecule has 0 fully saturated rings. The van der Waals surface area contributed by atoms with Crippen molar-refractivity contribution in [2.75, 3.05) is 17.3 Å². The summed E-state index contributed by atoms with van der Waals surface area (Å²) in [5, 5.41) is 3.91. The number of rotatable bonds is 3. The second-order valence-corrected chi connectivity index (χ2v) is 4.38. The normalized spacial score (nSPS) is 10.2. The van der Waals surface area contributed by atoms with Crippen LogP contribution < -0.4 is 11.1 Å². The Balaban J connectivity index is 2.30. The maximum absolute atomic E-state index is 5.72. The van der Waals surface area contributed by atoms with Gasteiger partial charge >= 0.3 is 0 Å². The molecular weight excluding hydrogens is 232 g/mol. The molecule has 0 aliphatic heterocycles. The van der Waals surface area contributed by atoms with Gasteiger partial charge in [-0.25, -0.2) is 9.97 Å². The highest BCUT2D eigenvalue weighted by Gasteiger charge is 2.03. The van der Waals surface area contributed by atoms with Crippen LogP contribution in [0.5, 0.6) is 0 Å². The van der Waals surface area contributed by atoms with Crippen LogP contribution in [0.4, 0.5) is 17.3 Å². The fourth-order valence-corrected chi connectivity index (χ4v) is 1.84. The standard InChI is InChI=1S/C12H14N4S/c1-8-5-3-4-6-9(8)14-11-7-10(13)15-12(16-11)17-2/h3-7H,1-2H3,(H3,13,14,15,16). The number of nitrogens with one attached hydrogen (secondary N) is 1. The number of nitrogens with two attached hydrogens (primary N) is 1. The van der Waals surface area contributed by atoms with E-state index in [-0.39, 0.29) is 0 Å². The molecule has 1 heterocycles. The van der Waals surface area contributed by atoms with Crippen molar-refractivity contribution in [3.8, 4) is 0 Å². The maximum atomic E-state index is 5.72. The van der Waals surface area contributed by atoms with Gasteiger partial charge in [-0.3, -0.25) is 0 Å². The van der Waals surface area contributed by atoms with E-state index in [9.17, 15) is 0 Å². The van der Waals surface area contributed by atoms with Crippen LogP contribution in [0, 0.1) is 6.92 Å². The summed E-state index contributed by atoms with van der Waals surface area (Å²) >= 11 is 1.47. The molecule has 0 spiro atoms. The molecule has 0 unspecified atom stereocenters. The summed E-state index contributed by atoms with van der Waals surface area (Å²) in [6.45, 7) is 2.04. The fraction of sp³-hybridized carbons (Fsp3) is 0.167. The molecule has 1 aromatic heterocycles. The van der Waals surface area contributed by atoms with Crippen molar-refractivity contribution in [2.45, 2.75) is 12.1 Å². The number of thioether (sulfide) groups is 1. The minimum absolute atomic E-state index is 0.473. The first kappa shape index (κ1) is 11.7. The van der Waals surface area contributed by atoms with Crippen LogP contribution in [-0.4, -0.2) is 16.2 Å². The van der Waals surface area contributed by atoms with Gasteiger partial charge in [-0.05, 0) is 24.8 Å². The van der Waals surface area contributed by atoms with Gasteiger partial charge in [0.15, 0.2) is 5.16 Å². The monoisotopic (exact) mass is 246 g/mol. The molecule has 2 rings (SSSR count). The summed E-state index contributed by atoms with van der Waals surface area (Å²) in [6, 6.07) is 9.76. The van der Waals surface area contributed by atoms with Crippen LogP contribution in [0.25, 0.3) is 0 Å². The molecule has 0 aliphatic carbocycles. The molecular formula is C12H14N4S. The molecule has 0 saturated carbocycles. The van der Waals surface area contributed by atoms with E-state index in [2.05, 4.69) is 15.3 Å². The van der Waals surface area contributed by atoms with E-state index in [1.807, 2.05) is 37.4 Å². The highest BCUT2D eigenvalue weighted by Crippen LogP contribution is 2.21. The lowest BCUT2D eigenvalue weighted by atomic mass is 10.2. The zero-order chi connectivity index (χ0) is 12.3. The number of benzene rings is 1. The topological polar surface area (TPSA) is 63.8 Å². The first-order valence-corrected chi connectivity index (χ1v) is 6.42. The fourth-order valence-electron chi connectivity index (χ4n) is 1.45. The van der Waals surface area contributed by atoms with Crippen LogP contribution in [-0.2, 0) is 0 Å². The lowest BCUT2D eigenvalue weighted by Gasteiger charge is -2.09. The molecule has 3 N–H and O–H groups in total. The van der Waals surface area contributed by atoms with Gasteiger partial charge < -0.3 is 11.1 Å². The highest BCUT2D eigenvalue weighted by molar-refractivity contribution is 7.98. The molecule has 0 saturated heterocycles. The lowest BCUT2D eigenvalue weighted by molar-refractivity contribution is 0.984. The Labute approximate surface area is 105 Å². The molecule has 0 aliphatic rings. The Morgan fingerprint density at radius 3 is 2.71 bits per heavy atom. The molecule has 88 valence electrons. The number of anilines is 3. The van der Waals surface area contributed by atoms with Gasteiger partial charge in [0.1, 0.15) is 11.6 Å². The first-order valence-electron chi connectivity index (χ1n) is 5.20. The molecule has 0 radical (unpaired) electrons. The van der Waals surface area contributed by atoms with Crippen molar-refractivity contribution < 1.29 is 0 Å². The summed E-state index contributed by atoms with van der Waals surface area (Å²) in [6.07, 6.45) is 1.92. The van der Waals surface area contributed by atoms with Crippen LogP contribution >= 0.6 is 11.8 Å². The van der Waals surface area contributed by atoms with Crippen LogP contribution in [0.15, 0.2) is 35.5 Å². The Hall–Kier alpha value is -1.75. The van der Waals surface area contributed by atoms with E-state index in [1.165, 1.54) is 11.8 Å². The van der Waals surface area contributed by atoms with Gasteiger partial charge in [0.25, 0.3) is 0 Å². The maximum Gasteiger partial charge on any atom is 0.191 e. The quantitative estimate of drug-likeness (QED) is 0.644. The molecule has 0 amide bonds. The van der Waals surface area contributed by atoms with E-state index < -0.39 is 0 Å². The number of aromatic nitrogens is 2. The second kappa shape index (κ2) is 5.05. The second-order valence-electron chi connectivity index (χ2n) is 3.60. The summed E-state index contributed by atoms with van der Waals surface area (Å²) < 4.78 is 0. The van der Waals surface area contributed by atoms with Crippen molar-refractivity contribution in [1.82, 2.24) is 9.97 Å². The smallest absolute Gasteiger partial charge is 0.191 e. The van der Waals surface area contributed by atoms with Crippen molar-refractivity contribution >= 4 is 29.1 Å². The average molecular weight is 246 g/mol. The largest absolute Gasteiger partial charge is 0.383 e. The summed E-state index contributed by atoms with van der Waals surface area (Å²) in [7, 11) is 0. The van der Waals surface area contributed by atoms with Gasteiger partial charge in [-0.1, -0.05) is 30.0 Å². The van der Waals surface area contributed by atoms with Gasteiger partial charge in [0.05, 0.1) is 0 Å². The average Bonchev–Trinajstić information content (AvgIpc) is 2.31. The zero-order valence-corrected chi connectivity index (χ0v) is 10.6. The third kappa shape index (κ3) is 2.88. The lowest BCUT2D eigenvalue weighted by Crippen LogP contribution is -2.00. The molecule has 17 heavy (non-hydrogen) atoms. The van der Waals surface area contributed by atoms with Gasteiger partial charge in [0.2, 0.25) is 0 Å². The zero-order valence-electron chi connectivity index (χ0n) is 9.77. The van der Waals surface area contributed by atoms with Crippen molar-refractivity contribution in [1.29, 1.82) is 0 Å². The molecule has 2 aromatic rings. The molecule has 0 atom stereocenters. The first-order chi connectivity index (χ1) is 8.19. The van der Waals surface area contributed by atoms with Gasteiger partial charge in [-0.2, -0.15) is 0 Å². The van der Waals surface area contributed by atoms with Crippen LogP contribution in [0.2, 0.25) is 0 Å². The molecule has 1 aromatic carbocycles. The Morgan fingerprint density at radius 2 is 2.00 bits per heavy atom. The minimum atomic E-state index is 0.473. The van der Waals surface area contributed by atoms with Crippen molar-refractivity contribution in [2.24, 2.45) is 0 Å². The third-order valence-corrected chi connectivity index (χ3v) is 2.86. The molecule has 5 heteroatoms. The number of hydrogen-bond donors (Lipinski definition) is 2. The predicted octanol–water partition coefficient (Wildman–Crippen LogP) is 2.83. The number of hydrogen-bond acceptors (Lipinski definition) is 5. The number of nitrogens with zero attached hydrogens (tertiary/aromatic N) is 2. The van der Waals surface area contributed by atoms with E-state index >= 15 is 0 Å². The van der Waals surface area contributed by atoms with E-state index in [1.54, 1.807) is 6.07 Å².